The largest absolute Gasteiger partial charge is 0.497 e. The molecule has 37 heavy (non-hydrogen) atoms. The molecule has 0 aliphatic carbocycles. The SMILES string of the molecule is COc1cccc(S(=O)(=O)c2c(C)n(CC(=O)O)c3ccc(C)cc23)c1.O=C(OO)c1cccc(Cl)c1. The molecule has 0 bridgehead atoms. The molecular weight excluding hydrogens is 522 g/mol. The molecule has 4 rings (SSSR count). The van der Waals surface area contributed by atoms with Crippen LogP contribution in [0.15, 0.2) is 76.5 Å². The second-order valence-corrected chi connectivity index (χ2v) is 10.3. The van der Waals surface area contributed by atoms with Crippen molar-refractivity contribution in [1.82, 2.24) is 4.57 Å². The molecule has 0 aliphatic heterocycles. The fourth-order valence-electron chi connectivity index (χ4n) is 3.80. The van der Waals surface area contributed by atoms with E-state index in [2.05, 4.69) is 4.89 Å². The summed E-state index contributed by atoms with van der Waals surface area (Å²) in [6.07, 6.45) is 0. The number of carboxylic acid groups (broad SMARTS) is 1. The van der Waals surface area contributed by atoms with Crippen molar-refractivity contribution in [2.75, 3.05) is 7.11 Å². The lowest BCUT2D eigenvalue weighted by molar-refractivity contribution is -0.182. The van der Waals surface area contributed by atoms with Gasteiger partial charge in [-0.15, -0.1) is 0 Å². The van der Waals surface area contributed by atoms with E-state index in [0.29, 0.717) is 27.4 Å². The molecule has 194 valence electrons. The van der Waals surface area contributed by atoms with Gasteiger partial charge < -0.3 is 14.4 Å². The van der Waals surface area contributed by atoms with Crippen LogP contribution in [0.2, 0.25) is 5.02 Å². The lowest BCUT2D eigenvalue weighted by Gasteiger charge is -2.08. The molecule has 1 aromatic heterocycles. The Morgan fingerprint density at radius 3 is 2.32 bits per heavy atom. The molecule has 1 heterocycles. The number of nitrogens with zero attached hydrogens (tertiary/aromatic N) is 1. The fourth-order valence-corrected chi connectivity index (χ4v) is 5.70. The number of sulfone groups is 1. The first-order valence-electron chi connectivity index (χ1n) is 10.8. The van der Waals surface area contributed by atoms with Crippen molar-refractivity contribution in [1.29, 1.82) is 0 Å². The van der Waals surface area contributed by atoms with Gasteiger partial charge in [0.25, 0.3) is 0 Å². The Bertz CT molecular complexity index is 1580. The van der Waals surface area contributed by atoms with Crippen LogP contribution in [-0.4, -0.2) is 42.4 Å². The lowest BCUT2D eigenvalue weighted by Crippen LogP contribution is -2.11. The van der Waals surface area contributed by atoms with E-state index in [0.717, 1.165) is 5.56 Å². The molecule has 3 aromatic carbocycles. The number of aliphatic carboxylic acids is 1. The predicted molar refractivity (Wildman–Crippen MR) is 137 cm³/mol. The highest BCUT2D eigenvalue weighted by atomic mass is 35.5. The maximum atomic E-state index is 13.3. The fraction of sp³-hybridized carbons (Fsp3) is 0.154. The second kappa shape index (κ2) is 11.5. The Morgan fingerprint density at radius 1 is 1.00 bits per heavy atom. The van der Waals surface area contributed by atoms with Gasteiger partial charge in [0.1, 0.15) is 17.2 Å². The number of methoxy groups -OCH3 is 1. The van der Waals surface area contributed by atoms with Crippen molar-refractivity contribution in [2.45, 2.75) is 30.2 Å². The predicted octanol–water partition coefficient (Wildman–Crippen LogP) is 5.15. The third-order valence-electron chi connectivity index (χ3n) is 5.48. The van der Waals surface area contributed by atoms with E-state index < -0.39 is 21.8 Å². The molecule has 4 aromatic rings. The number of carboxylic acids is 1. The average molecular weight is 546 g/mol. The summed E-state index contributed by atoms with van der Waals surface area (Å²) >= 11 is 5.56. The number of ether oxygens (including phenoxy) is 1. The monoisotopic (exact) mass is 545 g/mol. The molecule has 0 saturated carbocycles. The van der Waals surface area contributed by atoms with Crippen LogP contribution in [-0.2, 0) is 26.1 Å². The average Bonchev–Trinajstić information content (AvgIpc) is 3.14. The molecule has 11 heteroatoms. The minimum absolute atomic E-state index is 0.107. The van der Waals surface area contributed by atoms with Gasteiger partial charge in [0.2, 0.25) is 9.84 Å². The zero-order valence-corrected chi connectivity index (χ0v) is 21.7. The first-order chi connectivity index (χ1) is 17.5. The highest BCUT2D eigenvalue weighted by Gasteiger charge is 2.28. The normalized spacial score (nSPS) is 10.9. The number of rotatable bonds is 6. The molecule has 9 nitrogen and oxygen atoms in total. The molecule has 0 atom stereocenters. The molecule has 0 fully saturated rings. The Labute approximate surface area is 218 Å². The first-order valence-corrected chi connectivity index (χ1v) is 12.7. The van der Waals surface area contributed by atoms with Crippen molar-refractivity contribution >= 4 is 44.3 Å². The molecule has 0 saturated heterocycles. The zero-order chi connectivity index (χ0) is 27.3. The van der Waals surface area contributed by atoms with Crippen molar-refractivity contribution in [2.24, 2.45) is 0 Å². The third-order valence-corrected chi connectivity index (χ3v) is 7.64. The summed E-state index contributed by atoms with van der Waals surface area (Å²) in [4.78, 5) is 25.6. The number of fused-ring (bicyclic) bond motifs is 1. The minimum Gasteiger partial charge on any atom is -0.497 e. The lowest BCUT2D eigenvalue weighted by atomic mass is 10.2. The van der Waals surface area contributed by atoms with Gasteiger partial charge in [0.15, 0.2) is 0 Å². The zero-order valence-electron chi connectivity index (χ0n) is 20.1. The standard InChI is InChI=1S/C19H19NO5S.C7H5ClO3/c1-12-7-8-17-16(9-12)19(13(2)20(17)11-18(21)22)26(23,24)15-6-4-5-14(10-15)25-3;8-6-3-1-2-5(4-6)7(9)11-10/h4-10H,11H2,1-3H3,(H,21,22);1-4,10H. The van der Waals surface area contributed by atoms with Crippen LogP contribution in [0.3, 0.4) is 0 Å². The molecule has 0 amide bonds. The summed E-state index contributed by atoms with van der Waals surface area (Å²) in [5, 5.41) is 18.1. The number of halogens is 1. The Kier molecular flexibility index (Phi) is 8.59. The van der Waals surface area contributed by atoms with E-state index >= 15 is 0 Å². The van der Waals surface area contributed by atoms with Crippen LogP contribution < -0.4 is 4.74 Å². The van der Waals surface area contributed by atoms with Gasteiger partial charge in [0.05, 0.1) is 23.1 Å². The van der Waals surface area contributed by atoms with E-state index in [1.165, 1.54) is 35.9 Å². The second-order valence-electron chi connectivity index (χ2n) is 7.99. The minimum atomic E-state index is -3.85. The number of aryl methyl sites for hydroxylation is 1. The highest BCUT2D eigenvalue weighted by Crippen LogP contribution is 2.35. The molecule has 0 radical (unpaired) electrons. The van der Waals surface area contributed by atoms with E-state index in [9.17, 15) is 23.1 Å². The Hall–Kier alpha value is -3.86. The topological polar surface area (TPSA) is 132 Å². The van der Waals surface area contributed by atoms with Crippen molar-refractivity contribution in [3.63, 3.8) is 0 Å². The van der Waals surface area contributed by atoms with Gasteiger partial charge in [-0.2, -0.15) is 5.26 Å². The van der Waals surface area contributed by atoms with Gasteiger partial charge in [-0.25, -0.2) is 13.2 Å². The Balaban J connectivity index is 0.000000289. The van der Waals surface area contributed by atoms with E-state index in [4.69, 9.17) is 21.6 Å². The highest BCUT2D eigenvalue weighted by molar-refractivity contribution is 7.91. The van der Waals surface area contributed by atoms with Gasteiger partial charge in [-0.1, -0.05) is 35.4 Å². The van der Waals surface area contributed by atoms with Crippen LogP contribution in [0.25, 0.3) is 10.9 Å². The van der Waals surface area contributed by atoms with Crippen molar-refractivity contribution < 1.29 is 38.0 Å². The number of aromatic nitrogens is 1. The van der Waals surface area contributed by atoms with E-state index in [1.54, 1.807) is 43.3 Å². The third kappa shape index (κ3) is 6.11. The number of carbonyl (C=O) groups is 2. The van der Waals surface area contributed by atoms with Gasteiger partial charge in [0, 0.05) is 16.1 Å². The summed E-state index contributed by atoms with van der Waals surface area (Å²) in [6, 6.07) is 17.7. The van der Waals surface area contributed by atoms with Crippen LogP contribution in [0, 0.1) is 13.8 Å². The summed E-state index contributed by atoms with van der Waals surface area (Å²) in [5.41, 5.74) is 2.10. The molecular formula is C26H24ClNO8S. The van der Waals surface area contributed by atoms with Crippen LogP contribution in [0.1, 0.15) is 21.6 Å². The maximum absolute atomic E-state index is 13.3. The molecule has 2 N–H and O–H groups in total. The van der Waals surface area contributed by atoms with Crippen molar-refractivity contribution in [3.05, 3.63) is 88.6 Å². The van der Waals surface area contributed by atoms with Gasteiger partial charge >= 0.3 is 11.9 Å². The van der Waals surface area contributed by atoms with Gasteiger partial charge in [-0.05, 0) is 62.4 Å². The maximum Gasteiger partial charge on any atom is 0.372 e. The van der Waals surface area contributed by atoms with Crippen LogP contribution >= 0.6 is 11.6 Å². The summed E-state index contributed by atoms with van der Waals surface area (Å²) in [7, 11) is -2.38. The molecule has 0 aliphatic rings. The number of hydrogen-bond acceptors (Lipinski definition) is 7. The van der Waals surface area contributed by atoms with Crippen LogP contribution in [0.4, 0.5) is 0 Å². The first kappa shape index (κ1) is 27.7. The summed E-state index contributed by atoms with van der Waals surface area (Å²) in [6.45, 7) is 3.19. The smallest absolute Gasteiger partial charge is 0.372 e. The summed E-state index contributed by atoms with van der Waals surface area (Å²) < 4.78 is 33.3. The number of carbonyl (C=O) groups excluding carboxylic acids is 1. The quantitative estimate of drug-likeness (QED) is 0.251. The van der Waals surface area contributed by atoms with Crippen molar-refractivity contribution in [3.8, 4) is 5.75 Å². The molecule has 0 spiro atoms. The van der Waals surface area contributed by atoms with E-state index in [1.807, 2.05) is 13.0 Å². The number of hydrogen-bond donors (Lipinski definition) is 2. The Morgan fingerprint density at radius 2 is 1.70 bits per heavy atom. The number of benzene rings is 3. The van der Waals surface area contributed by atoms with Gasteiger partial charge in [-0.3, -0.25) is 9.68 Å². The molecule has 0 unspecified atom stereocenters. The van der Waals surface area contributed by atoms with E-state index in [-0.39, 0.29) is 21.9 Å². The summed E-state index contributed by atoms with van der Waals surface area (Å²) in [5.74, 6) is -1.41. The van der Waals surface area contributed by atoms with Crippen LogP contribution in [0.5, 0.6) is 5.75 Å².